The second kappa shape index (κ2) is 20.6. The van der Waals surface area contributed by atoms with Crippen LogP contribution >= 0.6 is 0 Å². The van der Waals surface area contributed by atoms with E-state index >= 15 is 0 Å². The summed E-state index contributed by atoms with van der Waals surface area (Å²) in [5.74, 6) is -7.49. The number of rotatable bonds is 19. The lowest BCUT2D eigenvalue weighted by molar-refractivity contribution is -0.141. The molecule has 0 spiro atoms. The van der Waals surface area contributed by atoms with Gasteiger partial charge in [0.2, 0.25) is 29.4 Å². The van der Waals surface area contributed by atoms with Crippen LogP contribution in [0.4, 0.5) is 0 Å². The van der Waals surface area contributed by atoms with Crippen molar-refractivity contribution >= 4 is 47.2 Å². The number of carboxylic acids is 1. The van der Waals surface area contributed by atoms with Gasteiger partial charge in [-0.3, -0.25) is 33.6 Å². The number of amides is 6. The maximum atomic E-state index is 14.0. The molecule has 0 bridgehead atoms. The van der Waals surface area contributed by atoms with Gasteiger partial charge in [0, 0.05) is 0 Å². The van der Waals surface area contributed by atoms with Crippen LogP contribution in [0.2, 0.25) is 0 Å². The summed E-state index contributed by atoms with van der Waals surface area (Å²) in [6.07, 6.45) is 4.52. The zero-order valence-electron chi connectivity index (χ0n) is 31.2. The van der Waals surface area contributed by atoms with Gasteiger partial charge in [-0.15, -0.1) is 0 Å². The van der Waals surface area contributed by atoms with Crippen LogP contribution in [0.3, 0.4) is 0 Å². The third-order valence-corrected chi connectivity index (χ3v) is 9.33. The summed E-state index contributed by atoms with van der Waals surface area (Å²) >= 11 is 0. The molecule has 6 amide bonds. The summed E-state index contributed by atoms with van der Waals surface area (Å²) in [4.78, 5) is 104. The summed E-state index contributed by atoms with van der Waals surface area (Å²) in [7, 11) is 0. The van der Waals surface area contributed by atoms with Crippen molar-refractivity contribution in [2.24, 2.45) is 17.6 Å². The van der Waals surface area contributed by atoms with Crippen molar-refractivity contribution in [2.45, 2.75) is 103 Å². The van der Waals surface area contributed by atoms with Gasteiger partial charge in [0.05, 0.1) is 23.7 Å². The zero-order chi connectivity index (χ0) is 39.9. The second-order valence-electron chi connectivity index (χ2n) is 14.1. The number of ketones is 1. The van der Waals surface area contributed by atoms with Gasteiger partial charge < -0.3 is 37.4 Å². The van der Waals surface area contributed by atoms with E-state index in [1.807, 2.05) is 13.8 Å². The molecule has 1 aliphatic rings. The molecule has 4 atom stereocenters. The number of nitrogens with two attached hydrogens (primary N) is 1. The van der Waals surface area contributed by atoms with E-state index in [2.05, 4.69) is 26.6 Å². The van der Waals surface area contributed by atoms with E-state index in [0.29, 0.717) is 30.4 Å². The minimum absolute atomic E-state index is 0.0768. The van der Waals surface area contributed by atoms with Crippen LogP contribution in [0.1, 0.15) is 110 Å². The zero-order valence-corrected chi connectivity index (χ0v) is 31.2. The van der Waals surface area contributed by atoms with E-state index in [1.165, 1.54) is 6.07 Å². The van der Waals surface area contributed by atoms with E-state index in [1.54, 1.807) is 56.3 Å². The minimum atomic E-state index is -1.29. The molecule has 2 aromatic carbocycles. The molecule has 0 aliphatic heterocycles. The van der Waals surface area contributed by atoms with E-state index in [9.17, 15) is 43.5 Å². The third kappa shape index (κ3) is 12.2. The highest BCUT2D eigenvalue weighted by molar-refractivity contribution is 6.38. The number of Topliss-reactive ketones (excluding diaryl/α,β-unsaturated/α-hetero) is 1. The predicted octanol–water partition coefficient (Wildman–Crippen LogP) is 2.22. The Labute approximate surface area is 315 Å². The number of aromatic carboxylic acids is 1. The van der Waals surface area contributed by atoms with Crippen molar-refractivity contribution in [3.05, 3.63) is 70.8 Å². The van der Waals surface area contributed by atoms with E-state index < -0.39 is 77.9 Å². The molecule has 0 saturated heterocycles. The number of nitrogens with one attached hydrogen (secondary N) is 5. The Bertz CT molecular complexity index is 1690. The average molecular weight is 749 g/mol. The van der Waals surface area contributed by atoms with Crippen molar-refractivity contribution in [3.8, 4) is 0 Å². The van der Waals surface area contributed by atoms with E-state index in [-0.39, 0.29) is 35.8 Å². The molecule has 54 heavy (non-hydrogen) atoms. The first kappa shape index (κ1) is 42.8. The monoisotopic (exact) mass is 748 g/mol. The van der Waals surface area contributed by atoms with Gasteiger partial charge in [-0.05, 0) is 61.6 Å². The molecule has 15 nitrogen and oxygen atoms in total. The number of aryl methyl sites for hydroxylation is 1. The molecule has 0 radical (unpaired) electrons. The number of benzene rings is 2. The lowest BCUT2D eigenvalue weighted by Crippen LogP contribution is -2.58. The fourth-order valence-electron chi connectivity index (χ4n) is 6.60. The predicted molar refractivity (Wildman–Crippen MR) is 199 cm³/mol. The molecule has 15 heteroatoms. The van der Waals surface area contributed by atoms with Crippen LogP contribution < -0.4 is 32.3 Å². The van der Waals surface area contributed by atoms with Crippen LogP contribution in [-0.2, 0) is 28.8 Å². The maximum Gasteiger partial charge on any atom is 0.336 e. The molecule has 2 aromatic rings. The minimum Gasteiger partial charge on any atom is -0.478 e. The van der Waals surface area contributed by atoms with Gasteiger partial charge in [-0.25, -0.2) is 4.79 Å². The number of carbonyl (C=O) groups is 8. The maximum absolute atomic E-state index is 14.0. The van der Waals surface area contributed by atoms with Crippen LogP contribution in [0.15, 0.2) is 48.5 Å². The highest BCUT2D eigenvalue weighted by Crippen LogP contribution is 2.27. The Morgan fingerprint density at radius 1 is 0.815 bits per heavy atom. The molecule has 1 aliphatic carbocycles. The van der Waals surface area contributed by atoms with Crippen molar-refractivity contribution in [1.82, 2.24) is 26.6 Å². The summed E-state index contributed by atoms with van der Waals surface area (Å²) in [6, 6.07) is 8.07. The summed E-state index contributed by atoms with van der Waals surface area (Å²) in [5, 5.41) is 22.6. The lowest BCUT2D eigenvalue weighted by atomic mass is 9.83. The van der Waals surface area contributed by atoms with Gasteiger partial charge in [-0.1, -0.05) is 88.9 Å². The fourth-order valence-corrected chi connectivity index (χ4v) is 6.60. The molecule has 292 valence electrons. The Morgan fingerprint density at radius 3 is 2.06 bits per heavy atom. The first-order valence-corrected chi connectivity index (χ1v) is 18.3. The molecular weight excluding hydrogens is 696 g/mol. The second-order valence-corrected chi connectivity index (χ2v) is 14.1. The summed E-state index contributed by atoms with van der Waals surface area (Å²) < 4.78 is 0. The third-order valence-electron chi connectivity index (χ3n) is 9.33. The Balaban J connectivity index is 1.74. The normalized spacial score (nSPS) is 15.1. The molecule has 8 N–H and O–H groups in total. The number of carboxylic acid groups (broad SMARTS) is 1. The summed E-state index contributed by atoms with van der Waals surface area (Å²) in [6.45, 7) is 6.36. The Hall–Kier alpha value is -5.60. The van der Waals surface area contributed by atoms with Gasteiger partial charge >= 0.3 is 5.97 Å². The Kier molecular flexibility index (Phi) is 16.3. The van der Waals surface area contributed by atoms with Crippen LogP contribution in [0, 0.1) is 18.8 Å². The number of hydrogen-bond donors (Lipinski definition) is 7. The van der Waals surface area contributed by atoms with Gasteiger partial charge in [0.25, 0.3) is 11.8 Å². The van der Waals surface area contributed by atoms with Crippen molar-refractivity contribution < 1.29 is 43.5 Å². The summed E-state index contributed by atoms with van der Waals surface area (Å²) in [5.41, 5.74) is 6.00. The quantitative estimate of drug-likeness (QED) is 0.104. The molecular formula is C39H52N6O9. The van der Waals surface area contributed by atoms with Crippen LogP contribution in [0.5, 0.6) is 0 Å². The van der Waals surface area contributed by atoms with Crippen molar-refractivity contribution in [1.29, 1.82) is 0 Å². The molecule has 0 aromatic heterocycles. The standard InChI is InChI=1S/C39H52N6O9/c1-5-13-27(33(47)38(52)41-21-29(46)44-31(34(40)48)24-15-8-6-9-16-24)42-36(50)28(20-22(2)3)43-37(51)32(25-17-10-7-11-18-25)45-35(49)26-19-12-14-23(4)30(26)39(53)54/h6,8-9,12,14-16,19,22,25,27-28,31-32H,5,7,10-11,13,17-18,20-21H2,1-4H3,(H2,40,48)(H,41,52)(H,42,50)(H,43,51)(H,44,46)(H,45,49)(H,53,54)/t27?,28-,31?,32-/m0/s1. The van der Waals surface area contributed by atoms with Gasteiger partial charge in [0.15, 0.2) is 0 Å². The number of primary amides is 1. The van der Waals surface area contributed by atoms with Crippen LogP contribution in [0.25, 0.3) is 0 Å². The number of hydrogen-bond acceptors (Lipinski definition) is 8. The van der Waals surface area contributed by atoms with Gasteiger partial charge in [0.1, 0.15) is 18.1 Å². The Morgan fingerprint density at radius 2 is 1.46 bits per heavy atom. The molecule has 1 fully saturated rings. The van der Waals surface area contributed by atoms with Gasteiger partial charge in [-0.2, -0.15) is 0 Å². The average Bonchev–Trinajstić information content (AvgIpc) is 3.14. The van der Waals surface area contributed by atoms with Crippen molar-refractivity contribution in [2.75, 3.05) is 6.54 Å². The fraction of sp³-hybridized carbons (Fsp3) is 0.487. The SMILES string of the molecule is CCCC(NC(=O)[C@H](CC(C)C)NC(=O)[C@@H](NC(=O)c1cccc(C)c1C(=O)O)C1CCCCC1)C(=O)C(=O)NCC(=O)NC(C(N)=O)c1ccccc1. The molecule has 0 heterocycles. The highest BCUT2D eigenvalue weighted by atomic mass is 16.4. The smallest absolute Gasteiger partial charge is 0.336 e. The molecule has 2 unspecified atom stereocenters. The van der Waals surface area contributed by atoms with Crippen molar-refractivity contribution in [3.63, 3.8) is 0 Å². The topological polar surface area (TPSA) is 243 Å². The highest BCUT2D eigenvalue weighted by Gasteiger charge is 2.36. The van der Waals surface area contributed by atoms with E-state index in [0.717, 1.165) is 19.3 Å². The molecule has 3 rings (SSSR count). The number of carbonyl (C=O) groups excluding carboxylic acids is 7. The largest absolute Gasteiger partial charge is 0.478 e. The lowest BCUT2D eigenvalue weighted by Gasteiger charge is -2.32. The first-order valence-electron chi connectivity index (χ1n) is 18.3. The van der Waals surface area contributed by atoms with E-state index in [4.69, 9.17) is 5.73 Å². The molecule has 1 saturated carbocycles. The van der Waals surface area contributed by atoms with Crippen LogP contribution in [-0.4, -0.2) is 77.0 Å². The first-order chi connectivity index (χ1) is 25.6.